The van der Waals surface area contributed by atoms with Crippen LogP contribution in [0, 0.1) is 5.92 Å². The van der Waals surface area contributed by atoms with Crippen molar-refractivity contribution in [2.24, 2.45) is 11.7 Å². The maximum Gasteiger partial charge on any atom is 0.162 e. The molecule has 0 saturated carbocycles. The Labute approximate surface area is 148 Å². The first-order chi connectivity index (χ1) is 11.3. The average molecular weight is 353 g/mol. The van der Waals surface area contributed by atoms with E-state index in [0.717, 1.165) is 61.5 Å². The molecule has 0 amide bonds. The van der Waals surface area contributed by atoms with Crippen molar-refractivity contribution in [1.82, 2.24) is 9.97 Å². The summed E-state index contributed by atoms with van der Waals surface area (Å²) in [5.41, 5.74) is 6.55. The van der Waals surface area contributed by atoms with Crippen molar-refractivity contribution >= 4 is 29.1 Å². The van der Waals surface area contributed by atoms with Gasteiger partial charge < -0.3 is 20.1 Å². The molecule has 3 rings (SSSR count). The van der Waals surface area contributed by atoms with Crippen molar-refractivity contribution in [1.29, 1.82) is 0 Å². The molecule has 1 saturated heterocycles. The molecule has 1 aliphatic heterocycles. The van der Waals surface area contributed by atoms with Crippen LogP contribution in [0.4, 0.5) is 5.82 Å². The molecule has 1 aromatic carbocycles. The van der Waals surface area contributed by atoms with E-state index >= 15 is 0 Å². The van der Waals surface area contributed by atoms with Gasteiger partial charge in [0.2, 0.25) is 0 Å². The van der Waals surface area contributed by atoms with Crippen molar-refractivity contribution in [3.8, 4) is 11.5 Å². The Kier molecular flexibility index (Phi) is 6.45. The Balaban J connectivity index is 0.00000208. The Morgan fingerprint density at radius 2 is 1.79 bits per heavy atom. The van der Waals surface area contributed by atoms with Crippen molar-refractivity contribution < 1.29 is 9.47 Å². The van der Waals surface area contributed by atoms with Gasteiger partial charge in [-0.15, -0.1) is 12.4 Å². The van der Waals surface area contributed by atoms with E-state index in [9.17, 15) is 0 Å². The molecular formula is C17H25ClN4O2. The molecule has 1 aliphatic rings. The Morgan fingerprint density at radius 3 is 2.42 bits per heavy atom. The monoisotopic (exact) mass is 352 g/mol. The lowest BCUT2D eigenvalue weighted by atomic mass is 9.93. The molecule has 24 heavy (non-hydrogen) atoms. The number of anilines is 1. The summed E-state index contributed by atoms with van der Waals surface area (Å²) in [4.78, 5) is 11.2. The predicted octanol–water partition coefficient (Wildman–Crippen LogP) is 2.63. The molecular weight excluding hydrogens is 328 g/mol. The summed E-state index contributed by atoms with van der Waals surface area (Å²) in [6, 6.07) is 3.87. The van der Waals surface area contributed by atoms with Gasteiger partial charge in [-0.05, 0) is 37.8 Å². The lowest BCUT2D eigenvalue weighted by Gasteiger charge is -2.33. The van der Waals surface area contributed by atoms with E-state index in [4.69, 9.17) is 15.2 Å². The Bertz CT molecular complexity index is 675. The van der Waals surface area contributed by atoms with Crippen LogP contribution in [0.1, 0.15) is 19.3 Å². The topological polar surface area (TPSA) is 73.5 Å². The predicted molar refractivity (Wildman–Crippen MR) is 98.5 cm³/mol. The number of hydrogen-bond acceptors (Lipinski definition) is 6. The van der Waals surface area contributed by atoms with Gasteiger partial charge in [-0.1, -0.05) is 0 Å². The van der Waals surface area contributed by atoms with Crippen LogP contribution in [0.5, 0.6) is 11.5 Å². The van der Waals surface area contributed by atoms with E-state index in [2.05, 4.69) is 14.9 Å². The second-order valence-corrected chi connectivity index (χ2v) is 5.93. The number of ether oxygens (including phenoxy) is 2. The first kappa shape index (κ1) is 18.5. The molecule has 0 bridgehead atoms. The normalized spacial score (nSPS) is 15.2. The molecule has 2 N–H and O–H groups in total. The third-order valence-corrected chi connectivity index (χ3v) is 4.61. The largest absolute Gasteiger partial charge is 0.493 e. The summed E-state index contributed by atoms with van der Waals surface area (Å²) in [5.74, 6) is 3.10. The van der Waals surface area contributed by atoms with Crippen molar-refractivity contribution in [2.45, 2.75) is 19.3 Å². The van der Waals surface area contributed by atoms with Crippen LogP contribution < -0.4 is 20.1 Å². The second kappa shape index (κ2) is 8.35. The SMILES string of the molecule is COc1cc2ncnc(N3CCC(CCN)CC3)c2cc1OC.Cl. The number of aromatic nitrogens is 2. The van der Waals surface area contributed by atoms with Crippen LogP contribution >= 0.6 is 12.4 Å². The summed E-state index contributed by atoms with van der Waals surface area (Å²) in [5, 5.41) is 1.00. The Hall–Kier alpha value is -1.79. The van der Waals surface area contributed by atoms with Gasteiger partial charge in [-0.25, -0.2) is 9.97 Å². The molecule has 6 nitrogen and oxygen atoms in total. The molecule has 2 aromatic rings. The fourth-order valence-electron chi connectivity index (χ4n) is 3.29. The van der Waals surface area contributed by atoms with Crippen molar-refractivity contribution in [3.05, 3.63) is 18.5 Å². The second-order valence-electron chi connectivity index (χ2n) is 5.93. The number of nitrogens with zero attached hydrogens (tertiary/aromatic N) is 3. The van der Waals surface area contributed by atoms with Gasteiger partial charge in [0.15, 0.2) is 11.5 Å². The minimum atomic E-state index is 0. The molecule has 7 heteroatoms. The molecule has 1 fully saturated rings. The highest BCUT2D eigenvalue weighted by atomic mass is 35.5. The maximum atomic E-state index is 5.68. The third kappa shape index (κ3) is 3.65. The van der Waals surface area contributed by atoms with Gasteiger partial charge in [-0.3, -0.25) is 0 Å². The summed E-state index contributed by atoms with van der Waals surface area (Å²) < 4.78 is 10.8. The summed E-state index contributed by atoms with van der Waals surface area (Å²) in [6.45, 7) is 2.79. The molecule has 0 aliphatic carbocycles. The lowest BCUT2D eigenvalue weighted by molar-refractivity contribution is 0.355. The van der Waals surface area contributed by atoms with E-state index in [1.807, 2.05) is 12.1 Å². The number of nitrogens with two attached hydrogens (primary N) is 1. The quantitative estimate of drug-likeness (QED) is 0.891. The number of fused-ring (bicyclic) bond motifs is 1. The fraction of sp³-hybridized carbons (Fsp3) is 0.529. The zero-order valence-corrected chi connectivity index (χ0v) is 15.0. The van der Waals surface area contributed by atoms with Gasteiger partial charge in [-0.2, -0.15) is 0 Å². The van der Waals surface area contributed by atoms with Gasteiger partial charge in [0.1, 0.15) is 12.1 Å². The maximum absolute atomic E-state index is 5.68. The van der Waals surface area contributed by atoms with Gasteiger partial charge in [0.05, 0.1) is 19.7 Å². The standard InChI is InChI=1S/C17H24N4O2.ClH/c1-22-15-9-13-14(10-16(15)23-2)19-11-20-17(13)21-7-4-12(3-6-18)5-8-21;/h9-12H,3-8,18H2,1-2H3;1H. The molecule has 0 spiro atoms. The molecule has 0 unspecified atom stereocenters. The van der Waals surface area contributed by atoms with Crippen molar-refractivity contribution in [3.63, 3.8) is 0 Å². The van der Waals surface area contributed by atoms with Gasteiger partial charge >= 0.3 is 0 Å². The van der Waals surface area contributed by atoms with E-state index in [-0.39, 0.29) is 12.4 Å². The highest BCUT2D eigenvalue weighted by molar-refractivity contribution is 5.92. The van der Waals surface area contributed by atoms with E-state index in [1.54, 1.807) is 20.5 Å². The molecule has 132 valence electrons. The minimum Gasteiger partial charge on any atom is -0.493 e. The number of methoxy groups -OCH3 is 2. The number of piperidine rings is 1. The van der Waals surface area contributed by atoms with Crippen LogP contribution in [0.25, 0.3) is 10.9 Å². The summed E-state index contributed by atoms with van der Waals surface area (Å²) in [7, 11) is 3.28. The van der Waals surface area contributed by atoms with E-state index < -0.39 is 0 Å². The smallest absolute Gasteiger partial charge is 0.162 e. The van der Waals surface area contributed by atoms with E-state index in [1.165, 1.54) is 0 Å². The van der Waals surface area contributed by atoms with Gasteiger partial charge in [0.25, 0.3) is 0 Å². The molecule has 0 radical (unpaired) electrons. The molecule has 1 aromatic heterocycles. The number of hydrogen-bond donors (Lipinski definition) is 1. The average Bonchev–Trinajstić information content (AvgIpc) is 2.61. The lowest BCUT2D eigenvalue weighted by Crippen LogP contribution is -2.35. The summed E-state index contributed by atoms with van der Waals surface area (Å²) in [6.07, 6.45) is 5.06. The highest BCUT2D eigenvalue weighted by Crippen LogP contribution is 2.35. The van der Waals surface area contributed by atoms with Gasteiger partial charge in [0, 0.05) is 24.5 Å². The fourth-order valence-corrected chi connectivity index (χ4v) is 3.29. The van der Waals surface area contributed by atoms with Crippen LogP contribution in [0.3, 0.4) is 0 Å². The minimum absolute atomic E-state index is 0. The van der Waals surface area contributed by atoms with Crippen LogP contribution in [-0.4, -0.2) is 43.8 Å². The van der Waals surface area contributed by atoms with Crippen molar-refractivity contribution in [2.75, 3.05) is 38.8 Å². The Morgan fingerprint density at radius 1 is 1.12 bits per heavy atom. The van der Waals surface area contributed by atoms with Crippen LogP contribution in [-0.2, 0) is 0 Å². The zero-order chi connectivity index (χ0) is 16.2. The van der Waals surface area contributed by atoms with Crippen LogP contribution in [0.15, 0.2) is 18.5 Å². The number of halogens is 1. The zero-order valence-electron chi connectivity index (χ0n) is 14.2. The van der Waals surface area contributed by atoms with E-state index in [0.29, 0.717) is 11.5 Å². The van der Waals surface area contributed by atoms with Crippen LogP contribution in [0.2, 0.25) is 0 Å². The first-order valence-corrected chi connectivity index (χ1v) is 8.08. The first-order valence-electron chi connectivity index (χ1n) is 8.08. The molecule has 2 heterocycles. The highest BCUT2D eigenvalue weighted by Gasteiger charge is 2.22. The number of benzene rings is 1. The summed E-state index contributed by atoms with van der Waals surface area (Å²) >= 11 is 0. The number of rotatable bonds is 5. The molecule has 0 atom stereocenters. The third-order valence-electron chi connectivity index (χ3n) is 4.61.